The fourth-order valence-electron chi connectivity index (χ4n) is 1.98. The molecule has 1 aromatic rings. The smallest absolute Gasteiger partial charge is 0.182 e. The van der Waals surface area contributed by atoms with Gasteiger partial charge in [-0.25, -0.2) is 8.42 Å². The highest BCUT2D eigenvalue weighted by molar-refractivity contribution is 7.92. The predicted molar refractivity (Wildman–Crippen MR) is 80.2 cm³/mol. The Kier molecular flexibility index (Phi) is 6.01. The van der Waals surface area contributed by atoms with E-state index in [0.717, 1.165) is 18.4 Å². The molecule has 0 aliphatic rings. The average molecular weight is 283 g/mol. The van der Waals surface area contributed by atoms with Crippen LogP contribution >= 0.6 is 0 Å². The number of hydrogen-bond donors (Lipinski definition) is 1. The quantitative estimate of drug-likeness (QED) is 0.837. The van der Waals surface area contributed by atoms with Crippen LogP contribution in [0.4, 0.5) is 0 Å². The second-order valence-corrected chi connectivity index (χ2v) is 7.46. The zero-order chi connectivity index (χ0) is 14.5. The Hall–Kier alpha value is -0.870. The Morgan fingerprint density at radius 1 is 1.11 bits per heavy atom. The van der Waals surface area contributed by atoms with Crippen LogP contribution in [-0.4, -0.2) is 26.3 Å². The number of sulfone groups is 1. The molecule has 0 radical (unpaired) electrons. The molecule has 0 aliphatic heterocycles. The minimum Gasteiger partial charge on any atom is -0.313 e. The Morgan fingerprint density at radius 3 is 2.11 bits per heavy atom. The van der Waals surface area contributed by atoms with Gasteiger partial charge >= 0.3 is 0 Å². The summed E-state index contributed by atoms with van der Waals surface area (Å²) < 4.78 is 24.8. The largest absolute Gasteiger partial charge is 0.313 e. The highest BCUT2D eigenvalue weighted by atomic mass is 32.2. The van der Waals surface area contributed by atoms with Crippen molar-refractivity contribution in [2.24, 2.45) is 0 Å². The number of rotatable bonds is 7. The lowest BCUT2D eigenvalue weighted by molar-refractivity contribution is 0.480. The van der Waals surface area contributed by atoms with Gasteiger partial charge in [-0.2, -0.15) is 0 Å². The first kappa shape index (κ1) is 16.2. The van der Waals surface area contributed by atoms with Gasteiger partial charge in [0.05, 0.1) is 10.1 Å². The van der Waals surface area contributed by atoms with Crippen molar-refractivity contribution in [3.05, 3.63) is 29.8 Å². The lowest BCUT2D eigenvalue weighted by atomic mass is 10.2. The third-order valence-corrected chi connectivity index (χ3v) is 5.71. The molecule has 0 saturated heterocycles. The third kappa shape index (κ3) is 4.32. The first-order valence-electron chi connectivity index (χ1n) is 6.95. The van der Waals surface area contributed by atoms with E-state index >= 15 is 0 Å². The summed E-state index contributed by atoms with van der Waals surface area (Å²) in [5.74, 6) is 0. The Bertz CT molecular complexity index is 475. The van der Waals surface area contributed by atoms with Crippen LogP contribution in [0.25, 0.3) is 0 Å². The monoisotopic (exact) mass is 283 g/mol. The molecule has 1 unspecified atom stereocenters. The fourth-order valence-corrected chi connectivity index (χ4v) is 3.28. The van der Waals surface area contributed by atoms with Crippen LogP contribution in [-0.2, 0) is 9.84 Å². The van der Waals surface area contributed by atoms with Gasteiger partial charge in [-0.1, -0.05) is 31.5 Å². The number of benzene rings is 1. The Morgan fingerprint density at radius 2 is 1.63 bits per heavy atom. The van der Waals surface area contributed by atoms with E-state index in [1.807, 2.05) is 19.1 Å². The van der Waals surface area contributed by atoms with Crippen molar-refractivity contribution in [1.82, 2.24) is 5.32 Å². The zero-order valence-corrected chi connectivity index (χ0v) is 13.1. The molecule has 0 fully saturated rings. The van der Waals surface area contributed by atoms with Crippen LogP contribution in [0, 0.1) is 6.92 Å². The van der Waals surface area contributed by atoms with Gasteiger partial charge in [-0.3, -0.25) is 0 Å². The van der Waals surface area contributed by atoms with Crippen molar-refractivity contribution in [1.29, 1.82) is 0 Å². The molecule has 108 valence electrons. The molecule has 4 heteroatoms. The van der Waals surface area contributed by atoms with E-state index in [1.165, 1.54) is 0 Å². The normalized spacial score (nSPS) is 13.7. The molecule has 0 aliphatic carbocycles. The van der Waals surface area contributed by atoms with E-state index in [9.17, 15) is 8.42 Å². The van der Waals surface area contributed by atoms with E-state index in [1.54, 1.807) is 19.1 Å². The second-order valence-electron chi connectivity index (χ2n) is 5.09. The topological polar surface area (TPSA) is 46.2 Å². The Labute approximate surface area is 117 Å². The van der Waals surface area contributed by atoms with Gasteiger partial charge in [-0.05, 0) is 38.8 Å². The molecule has 3 nitrogen and oxygen atoms in total. The van der Waals surface area contributed by atoms with Gasteiger partial charge < -0.3 is 5.32 Å². The molecule has 0 bridgehead atoms. The van der Waals surface area contributed by atoms with E-state index in [4.69, 9.17) is 0 Å². The summed E-state index contributed by atoms with van der Waals surface area (Å²) in [6, 6.07) is 7.47. The van der Waals surface area contributed by atoms with Crippen molar-refractivity contribution >= 4 is 9.84 Å². The van der Waals surface area contributed by atoms with Crippen LogP contribution in [0.1, 0.15) is 39.2 Å². The molecule has 0 spiro atoms. The maximum atomic E-state index is 12.4. The molecule has 1 atom stereocenters. The first-order valence-corrected chi connectivity index (χ1v) is 8.50. The minimum absolute atomic E-state index is 0.399. The summed E-state index contributed by atoms with van der Waals surface area (Å²) in [4.78, 5) is 0.414. The van der Waals surface area contributed by atoms with E-state index in [2.05, 4.69) is 19.2 Å². The summed E-state index contributed by atoms with van der Waals surface area (Å²) in [7, 11) is -3.23. The number of hydrogen-bond acceptors (Lipinski definition) is 3. The maximum Gasteiger partial charge on any atom is 0.182 e. The van der Waals surface area contributed by atoms with Crippen molar-refractivity contribution in [2.45, 2.75) is 56.7 Å². The van der Waals surface area contributed by atoms with Crippen LogP contribution < -0.4 is 5.32 Å². The molecule has 1 N–H and O–H groups in total. The van der Waals surface area contributed by atoms with E-state index in [-0.39, 0.29) is 0 Å². The van der Waals surface area contributed by atoms with Crippen LogP contribution in [0.2, 0.25) is 0 Å². The Balaban J connectivity index is 2.74. The predicted octanol–water partition coefficient (Wildman–Crippen LogP) is 2.94. The lowest BCUT2D eigenvalue weighted by Crippen LogP contribution is -2.37. The van der Waals surface area contributed by atoms with E-state index in [0.29, 0.717) is 17.5 Å². The maximum absolute atomic E-state index is 12.4. The summed E-state index contributed by atoms with van der Waals surface area (Å²) in [5, 5.41) is 2.92. The molecular formula is C15H25NO2S. The molecule has 0 aromatic heterocycles. The lowest BCUT2D eigenvalue weighted by Gasteiger charge is -2.19. The second kappa shape index (κ2) is 7.06. The summed E-state index contributed by atoms with van der Waals surface area (Å²) in [6.45, 7) is 8.45. The molecule has 1 aromatic carbocycles. The van der Waals surface area contributed by atoms with Crippen molar-refractivity contribution in [2.75, 3.05) is 6.54 Å². The highest BCUT2D eigenvalue weighted by Crippen LogP contribution is 2.16. The van der Waals surface area contributed by atoms with Gasteiger partial charge in [0.2, 0.25) is 0 Å². The van der Waals surface area contributed by atoms with Crippen LogP contribution in [0.5, 0.6) is 0 Å². The molecule has 0 heterocycles. The molecule has 0 saturated carbocycles. The van der Waals surface area contributed by atoms with Gasteiger partial charge in [0, 0.05) is 12.6 Å². The summed E-state index contributed by atoms with van der Waals surface area (Å²) in [6.07, 6.45) is 2.04. The van der Waals surface area contributed by atoms with Gasteiger partial charge in [0.1, 0.15) is 0 Å². The number of aryl methyl sites for hydroxylation is 1. The third-order valence-electron chi connectivity index (χ3n) is 3.56. The van der Waals surface area contributed by atoms with Crippen LogP contribution in [0.3, 0.4) is 0 Å². The van der Waals surface area contributed by atoms with Gasteiger partial charge in [0.25, 0.3) is 0 Å². The average Bonchev–Trinajstić information content (AvgIpc) is 2.40. The standard InChI is InChI=1S/C15H25NO2S/c1-5-14(6-2)16-11-13(4)19(17,18)15-9-7-12(3)8-10-15/h7-10,13-14,16H,5-6,11H2,1-4H3. The van der Waals surface area contributed by atoms with Gasteiger partial charge in [-0.15, -0.1) is 0 Å². The zero-order valence-electron chi connectivity index (χ0n) is 12.3. The van der Waals surface area contributed by atoms with Crippen LogP contribution in [0.15, 0.2) is 29.2 Å². The van der Waals surface area contributed by atoms with Gasteiger partial charge in [0.15, 0.2) is 9.84 Å². The molecule has 19 heavy (non-hydrogen) atoms. The number of nitrogens with one attached hydrogen (secondary N) is 1. The first-order chi connectivity index (χ1) is 8.91. The van der Waals surface area contributed by atoms with Crippen molar-refractivity contribution in [3.8, 4) is 0 Å². The van der Waals surface area contributed by atoms with Crippen molar-refractivity contribution < 1.29 is 8.42 Å². The molecular weight excluding hydrogens is 258 g/mol. The minimum atomic E-state index is -3.23. The summed E-state index contributed by atoms with van der Waals surface area (Å²) in [5.41, 5.74) is 1.07. The fraction of sp³-hybridized carbons (Fsp3) is 0.600. The van der Waals surface area contributed by atoms with E-state index < -0.39 is 15.1 Å². The van der Waals surface area contributed by atoms with Crippen molar-refractivity contribution in [3.63, 3.8) is 0 Å². The molecule has 0 amide bonds. The highest BCUT2D eigenvalue weighted by Gasteiger charge is 2.23. The summed E-state index contributed by atoms with van der Waals surface area (Å²) >= 11 is 0. The molecule has 1 rings (SSSR count). The SMILES string of the molecule is CCC(CC)NCC(C)S(=O)(=O)c1ccc(C)cc1.